The van der Waals surface area contributed by atoms with E-state index >= 15 is 0 Å². The molecule has 0 saturated carbocycles. The second-order valence-corrected chi connectivity index (χ2v) is 3.31. The molecule has 0 aliphatic heterocycles. The van der Waals surface area contributed by atoms with Crippen molar-refractivity contribution in [3.8, 4) is 29.4 Å². The van der Waals surface area contributed by atoms with E-state index in [1.54, 1.807) is 12.1 Å². The van der Waals surface area contributed by atoms with Crippen molar-refractivity contribution >= 4 is 15.9 Å². The molecule has 0 atom stereocenters. The molecule has 76 valence electrons. The number of benzene rings is 1. The minimum Gasteiger partial charge on any atom is -0.505 e. The van der Waals surface area contributed by atoms with Crippen molar-refractivity contribution in [1.29, 1.82) is 10.5 Å². The zero-order valence-corrected chi connectivity index (χ0v) is 9.16. The minimum atomic E-state index is -0.471. The van der Waals surface area contributed by atoms with Crippen LogP contribution < -0.4 is 4.74 Å². The van der Waals surface area contributed by atoms with Gasteiger partial charge in [-0.15, -0.1) is 0 Å². The minimum absolute atomic E-state index is 0.0399. The average Bonchev–Trinajstić information content (AvgIpc) is 2.23. The largest absolute Gasteiger partial charge is 0.505 e. The molecule has 0 aromatic heterocycles. The Morgan fingerprint density at radius 2 is 1.60 bits per heavy atom. The molecule has 1 rings (SSSR count). The molecule has 0 fully saturated rings. The van der Waals surface area contributed by atoms with Gasteiger partial charge >= 0.3 is 0 Å². The van der Waals surface area contributed by atoms with E-state index < -0.39 is 11.5 Å². The predicted octanol–water partition coefficient (Wildman–Crippen LogP) is 1.61. The van der Waals surface area contributed by atoms with Gasteiger partial charge in [0, 0.05) is 0 Å². The first-order chi connectivity index (χ1) is 7.08. The predicted molar refractivity (Wildman–Crippen MR) is 53.5 cm³/mol. The van der Waals surface area contributed by atoms with Gasteiger partial charge in [0.05, 0.1) is 7.11 Å². The molecule has 2 N–H and O–H groups in total. The highest BCUT2D eigenvalue weighted by molar-refractivity contribution is 9.10. The summed E-state index contributed by atoms with van der Waals surface area (Å²) < 4.78 is 4.82. The highest BCUT2D eigenvalue weighted by atomic mass is 79.9. The highest BCUT2D eigenvalue weighted by Gasteiger charge is 2.22. The van der Waals surface area contributed by atoms with Crippen LogP contribution >= 0.6 is 15.9 Å². The maximum atomic E-state index is 9.57. The standard InChI is InChI=1S/C9H5BrN2O3/c1-15-9-6(10)7(13)4(2-11)5(3-12)8(9)14/h13-14H,1H3. The number of hydrogen-bond donors (Lipinski definition) is 2. The number of halogens is 1. The Morgan fingerprint density at radius 1 is 1.13 bits per heavy atom. The van der Waals surface area contributed by atoms with Crippen LogP contribution in [0.1, 0.15) is 11.1 Å². The van der Waals surface area contributed by atoms with Gasteiger partial charge in [-0.1, -0.05) is 0 Å². The van der Waals surface area contributed by atoms with Crippen molar-refractivity contribution in [3.05, 3.63) is 15.6 Å². The first-order valence-corrected chi connectivity index (χ1v) is 4.49. The van der Waals surface area contributed by atoms with E-state index in [4.69, 9.17) is 15.3 Å². The fraction of sp³-hybridized carbons (Fsp3) is 0.111. The molecule has 1 aromatic rings. The number of nitriles is 2. The average molecular weight is 269 g/mol. The second kappa shape index (κ2) is 4.07. The number of phenols is 2. The molecule has 0 unspecified atom stereocenters. The summed E-state index contributed by atoms with van der Waals surface area (Å²) in [7, 11) is 1.27. The zero-order valence-electron chi connectivity index (χ0n) is 7.58. The molecule has 5 nitrogen and oxygen atoms in total. The lowest BCUT2D eigenvalue weighted by molar-refractivity contribution is 0.364. The van der Waals surface area contributed by atoms with Gasteiger partial charge < -0.3 is 14.9 Å². The van der Waals surface area contributed by atoms with Crippen LogP contribution in [-0.2, 0) is 0 Å². The lowest BCUT2D eigenvalue weighted by Crippen LogP contribution is -1.93. The lowest BCUT2D eigenvalue weighted by Gasteiger charge is -2.10. The van der Waals surface area contributed by atoms with Crippen molar-refractivity contribution in [2.24, 2.45) is 0 Å². The number of aromatic hydroxyl groups is 2. The maximum absolute atomic E-state index is 9.57. The topological polar surface area (TPSA) is 97.3 Å². The summed E-state index contributed by atoms with van der Waals surface area (Å²) in [6, 6.07) is 3.25. The number of ether oxygens (including phenoxy) is 1. The van der Waals surface area contributed by atoms with Gasteiger partial charge in [0.25, 0.3) is 0 Å². The molecule has 15 heavy (non-hydrogen) atoms. The molecular formula is C9H5BrN2O3. The van der Waals surface area contributed by atoms with E-state index in [1.165, 1.54) is 7.11 Å². The molecule has 0 saturated heterocycles. The van der Waals surface area contributed by atoms with Crippen LogP contribution in [0.2, 0.25) is 0 Å². The second-order valence-electron chi connectivity index (χ2n) is 2.52. The van der Waals surface area contributed by atoms with E-state index in [0.717, 1.165) is 0 Å². The summed E-state index contributed by atoms with van der Waals surface area (Å²) >= 11 is 2.95. The fourth-order valence-electron chi connectivity index (χ4n) is 1.08. The van der Waals surface area contributed by atoms with Crippen LogP contribution in [0.3, 0.4) is 0 Å². The van der Waals surface area contributed by atoms with E-state index in [-0.39, 0.29) is 21.3 Å². The van der Waals surface area contributed by atoms with Crippen molar-refractivity contribution in [3.63, 3.8) is 0 Å². The maximum Gasteiger partial charge on any atom is 0.179 e. The van der Waals surface area contributed by atoms with Crippen molar-refractivity contribution < 1.29 is 14.9 Å². The molecule has 0 bridgehead atoms. The van der Waals surface area contributed by atoms with Crippen LogP contribution in [0.4, 0.5) is 0 Å². The molecule has 6 heteroatoms. The summed E-state index contributed by atoms with van der Waals surface area (Å²) in [5.74, 6) is -0.979. The quantitative estimate of drug-likeness (QED) is 0.755. The first kappa shape index (κ1) is 11.2. The van der Waals surface area contributed by atoms with Gasteiger partial charge in [-0.2, -0.15) is 10.5 Å². The molecule has 0 aliphatic carbocycles. The number of hydrogen-bond acceptors (Lipinski definition) is 5. The molecule has 0 aliphatic rings. The van der Waals surface area contributed by atoms with Gasteiger partial charge in [0.1, 0.15) is 27.7 Å². The third-order valence-corrected chi connectivity index (χ3v) is 2.51. The summed E-state index contributed by atoms with van der Waals surface area (Å²) in [6.45, 7) is 0. The van der Waals surface area contributed by atoms with Crippen LogP contribution in [-0.4, -0.2) is 17.3 Å². The fourth-order valence-corrected chi connectivity index (χ4v) is 1.62. The van der Waals surface area contributed by atoms with Gasteiger partial charge in [-0.3, -0.25) is 0 Å². The Kier molecular flexibility index (Phi) is 3.03. The third-order valence-electron chi connectivity index (χ3n) is 1.77. The van der Waals surface area contributed by atoms with E-state index in [2.05, 4.69) is 15.9 Å². The molecular weight excluding hydrogens is 264 g/mol. The summed E-state index contributed by atoms with van der Waals surface area (Å²) in [6.07, 6.45) is 0. The van der Waals surface area contributed by atoms with Crippen LogP contribution in [0.15, 0.2) is 4.47 Å². The molecule has 0 heterocycles. The van der Waals surface area contributed by atoms with Gasteiger partial charge in [-0.25, -0.2) is 0 Å². The molecule has 0 amide bonds. The number of rotatable bonds is 1. The normalized spacial score (nSPS) is 9.07. The van der Waals surface area contributed by atoms with Crippen molar-refractivity contribution in [2.45, 2.75) is 0 Å². The summed E-state index contributed by atoms with van der Waals surface area (Å²) in [5.41, 5.74) is -0.599. The number of methoxy groups -OCH3 is 1. The van der Waals surface area contributed by atoms with E-state index in [9.17, 15) is 10.2 Å². The Balaban J connectivity index is 3.77. The Hall–Kier alpha value is -1.92. The third kappa shape index (κ3) is 1.56. The molecule has 1 aromatic carbocycles. The number of phenolic OH excluding ortho intramolecular Hbond substituents is 2. The number of nitrogens with zero attached hydrogens (tertiary/aromatic N) is 2. The first-order valence-electron chi connectivity index (χ1n) is 3.70. The van der Waals surface area contributed by atoms with Gasteiger partial charge in [0.15, 0.2) is 17.2 Å². The van der Waals surface area contributed by atoms with Gasteiger partial charge in [-0.05, 0) is 15.9 Å². The van der Waals surface area contributed by atoms with Crippen molar-refractivity contribution in [1.82, 2.24) is 0 Å². The SMILES string of the molecule is COc1c(O)c(C#N)c(C#N)c(O)c1Br. The Bertz CT molecular complexity index is 496. The smallest absolute Gasteiger partial charge is 0.179 e. The Labute approximate surface area is 93.9 Å². The molecule has 0 radical (unpaired) electrons. The zero-order chi connectivity index (χ0) is 11.6. The summed E-state index contributed by atoms with van der Waals surface area (Å²) in [4.78, 5) is 0. The van der Waals surface area contributed by atoms with Crippen LogP contribution in [0, 0.1) is 22.7 Å². The van der Waals surface area contributed by atoms with Crippen LogP contribution in [0.25, 0.3) is 0 Å². The van der Waals surface area contributed by atoms with Gasteiger partial charge in [0.2, 0.25) is 0 Å². The molecule has 0 spiro atoms. The summed E-state index contributed by atoms with van der Waals surface area (Å²) in [5, 5.41) is 36.5. The van der Waals surface area contributed by atoms with Crippen LogP contribution in [0.5, 0.6) is 17.2 Å². The Morgan fingerprint density at radius 3 is 2.00 bits per heavy atom. The lowest BCUT2D eigenvalue weighted by atomic mass is 10.1. The van der Waals surface area contributed by atoms with Crippen molar-refractivity contribution in [2.75, 3.05) is 7.11 Å². The van der Waals surface area contributed by atoms with E-state index in [0.29, 0.717) is 0 Å². The monoisotopic (exact) mass is 268 g/mol. The highest BCUT2D eigenvalue weighted by Crippen LogP contribution is 2.45. The van der Waals surface area contributed by atoms with E-state index in [1.807, 2.05) is 0 Å².